The molecule has 6 nitrogen and oxygen atoms in total. The molecule has 0 fully saturated rings. The lowest BCUT2D eigenvalue weighted by atomic mass is 10.1. The van der Waals surface area contributed by atoms with Crippen LogP contribution in [-0.4, -0.2) is 25.2 Å². The maximum Gasteiger partial charge on any atom is 0.304 e. The molecular formula is C13H16N2O4S2. The predicted octanol–water partition coefficient (Wildman–Crippen LogP) is 2.11. The molecule has 2 N–H and O–H groups in total. The monoisotopic (exact) mass is 328 g/mol. The van der Waals surface area contributed by atoms with Crippen LogP contribution in [0, 0.1) is 11.3 Å². The first kappa shape index (κ1) is 15.8. The molecule has 0 radical (unpaired) electrons. The topological polar surface area (TPSA) is 107 Å². The van der Waals surface area contributed by atoms with Crippen molar-refractivity contribution in [2.24, 2.45) is 0 Å². The third kappa shape index (κ3) is 3.95. The summed E-state index contributed by atoms with van der Waals surface area (Å²) < 4.78 is 26.1. The largest absolute Gasteiger partial charge is 0.481 e. The normalized spacial score (nSPS) is 14.8. The van der Waals surface area contributed by atoms with Gasteiger partial charge in [-0.05, 0) is 31.2 Å². The molecular weight excluding hydrogens is 312 g/mol. The molecule has 1 aliphatic carbocycles. The molecule has 114 valence electrons. The van der Waals surface area contributed by atoms with E-state index in [9.17, 15) is 18.5 Å². The Morgan fingerprint density at radius 2 is 2.05 bits per heavy atom. The first-order valence-electron chi connectivity index (χ1n) is 6.70. The fraction of sp³-hybridized carbons (Fsp3) is 0.538. The summed E-state index contributed by atoms with van der Waals surface area (Å²) >= 11 is 1.30. The van der Waals surface area contributed by atoms with Crippen LogP contribution < -0.4 is 4.72 Å². The van der Waals surface area contributed by atoms with Crippen molar-refractivity contribution >= 4 is 32.3 Å². The summed E-state index contributed by atoms with van der Waals surface area (Å²) in [6, 6.07) is 2.09. The Bertz CT molecular complexity index is 686. The van der Waals surface area contributed by atoms with Gasteiger partial charge in [-0.15, -0.1) is 11.3 Å². The first-order valence-corrected chi connectivity index (χ1v) is 9.17. The van der Waals surface area contributed by atoms with Crippen molar-refractivity contribution in [2.75, 3.05) is 10.5 Å². The van der Waals surface area contributed by atoms with Gasteiger partial charge < -0.3 is 5.11 Å². The number of aliphatic carboxylic acids is 1. The highest BCUT2D eigenvalue weighted by molar-refractivity contribution is 7.92. The van der Waals surface area contributed by atoms with Crippen LogP contribution in [0.15, 0.2) is 0 Å². The van der Waals surface area contributed by atoms with Crippen LogP contribution in [0.5, 0.6) is 0 Å². The number of carbonyl (C=O) groups is 1. The molecule has 0 unspecified atom stereocenters. The lowest BCUT2D eigenvalue weighted by Gasteiger charge is -2.05. The minimum absolute atomic E-state index is 0.329. The van der Waals surface area contributed by atoms with E-state index in [1.807, 2.05) is 0 Å². The summed E-state index contributed by atoms with van der Waals surface area (Å²) in [5.74, 6) is -1.65. The Labute approximate surface area is 127 Å². The summed E-state index contributed by atoms with van der Waals surface area (Å²) in [4.78, 5) is 11.5. The number of carboxylic acid groups (broad SMARTS) is 1. The van der Waals surface area contributed by atoms with Crippen molar-refractivity contribution in [3.05, 3.63) is 16.0 Å². The van der Waals surface area contributed by atoms with Gasteiger partial charge in [0.05, 0.1) is 17.7 Å². The van der Waals surface area contributed by atoms with Crippen LogP contribution >= 0.6 is 11.3 Å². The van der Waals surface area contributed by atoms with Crippen molar-refractivity contribution < 1.29 is 18.3 Å². The Morgan fingerprint density at radius 1 is 1.33 bits per heavy atom. The van der Waals surface area contributed by atoms with Gasteiger partial charge >= 0.3 is 5.97 Å². The van der Waals surface area contributed by atoms with Crippen LogP contribution in [0.4, 0.5) is 5.00 Å². The van der Waals surface area contributed by atoms with E-state index in [0.29, 0.717) is 10.6 Å². The van der Waals surface area contributed by atoms with Gasteiger partial charge in [0.25, 0.3) is 0 Å². The summed E-state index contributed by atoms with van der Waals surface area (Å²) in [7, 11) is -3.74. The van der Waals surface area contributed by atoms with E-state index in [1.165, 1.54) is 11.3 Å². The minimum Gasteiger partial charge on any atom is -0.481 e. The number of sulfonamides is 1. The second-order valence-corrected chi connectivity index (χ2v) is 7.89. The molecule has 0 atom stereocenters. The zero-order chi connectivity index (χ0) is 15.5. The molecule has 0 spiro atoms. The molecule has 0 aromatic carbocycles. The fourth-order valence-electron chi connectivity index (χ4n) is 2.35. The second-order valence-electron chi connectivity index (χ2n) is 4.95. The highest BCUT2D eigenvalue weighted by Gasteiger charge is 2.23. The van der Waals surface area contributed by atoms with E-state index < -0.39 is 28.2 Å². The van der Waals surface area contributed by atoms with Crippen LogP contribution in [0.2, 0.25) is 0 Å². The summed E-state index contributed by atoms with van der Waals surface area (Å²) in [5.41, 5.74) is 1.35. The Morgan fingerprint density at radius 3 is 2.71 bits per heavy atom. The van der Waals surface area contributed by atoms with Gasteiger partial charge in [0.1, 0.15) is 11.1 Å². The standard InChI is InChI=1S/C13H16N2O4S2/c14-8-10-9-4-2-1-3-5-11(9)20-13(10)15-21(18,19)7-6-12(16)17/h15H,1-7H2,(H,16,17). The number of rotatable bonds is 5. The van der Waals surface area contributed by atoms with Crippen LogP contribution in [-0.2, 0) is 27.7 Å². The highest BCUT2D eigenvalue weighted by Crippen LogP contribution is 2.37. The van der Waals surface area contributed by atoms with Crippen LogP contribution in [0.3, 0.4) is 0 Å². The number of carboxylic acids is 1. The van der Waals surface area contributed by atoms with Crippen molar-refractivity contribution in [1.82, 2.24) is 0 Å². The van der Waals surface area contributed by atoms with E-state index in [0.717, 1.165) is 42.5 Å². The number of hydrogen-bond acceptors (Lipinski definition) is 5. The van der Waals surface area contributed by atoms with Crippen molar-refractivity contribution in [3.8, 4) is 6.07 Å². The molecule has 1 aromatic rings. The fourth-order valence-corrected chi connectivity index (χ4v) is 4.92. The molecule has 21 heavy (non-hydrogen) atoms. The number of anilines is 1. The van der Waals surface area contributed by atoms with Crippen LogP contribution in [0.25, 0.3) is 0 Å². The van der Waals surface area contributed by atoms with Gasteiger partial charge in [0.15, 0.2) is 0 Å². The smallest absolute Gasteiger partial charge is 0.304 e. The number of aryl methyl sites for hydroxylation is 1. The lowest BCUT2D eigenvalue weighted by molar-refractivity contribution is -0.136. The van der Waals surface area contributed by atoms with Gasteiger partial charge in [-0.3, -0.25) is 9.52 Å². The number of nitriles is 1. The lowest BCUT2D eigenvalue weighted by Crippen LogP contribution is -2.18. The van der Waals surface area contributed by atoms with E-state index in [-0.39, 0.29) is 0 Å². The molecule has 0 aliphatic heterocycles. The molecule has 0 saturated heterocycles. The SMILES string of the molecule is N#Cc1c(NS(=O)(=O)CCC(=O)O)sc2c1CCCCC2. The molecule has 1 heterocycles. The third-order valence-corrected chi connectivity index (χ3v) is 5.96. The summed E-state index contributed by atoms with van der Waals surface area (Å²) in [6.45, 7) is 0. The van der Waals surface area contributed by atoms with Gasteiger partial charge in [0, 0.05) is 4.88 Å². The predicted molar refractivity (Wildman–Crippen MR) is 80.0 cm³/mol. The van der Waals surface area contributed by atoms with E-state index >= 15 is 0 Å². The minimum atomic E-state index is -3.74. The molecule has 0 amide bonds. The van der Waals surface area contributed by atoms with Crippen molar-refractivity contribution in [1.29, 1.82) is 5.26 Å². The van der Waals surface area contributed by atoms with E-state index in [2.05, 4.69) is 10.8 Å². The quantitative estimate of drug-likeness (QED) is 0.805. The van der Waals surface area contributed by atoms with Gasteiger partial charge in [-0.2, -0.15) is 5.26 Å². The Balaban J connectivity index is 2.25. The number of thiophene rings is 1. The number of nitrogens with zero attached hydrogens (tertiary/aromatic N) is 1. The number of fused-ring (bicyclic) bond motifs is 1. The molecule has 8 heteroatoms. The summed E-state index contributed by atoms with van der Waals surface area (Å²) in [6.07, 6.45) is 4.37. The molecule has 0 saturated carbocycles. The van der Waals surface area contributed by atoms with Crippen molar-refractivity contribution in [2.45, 2.75) is 38.5 Å². The van der Waals surface area contributed by atoms with E-state index in [4.69, 9.17) is 5.11 Å². The average molecular weight is 328 g/mol. The van der Waals surface area contributed by atoms with Gasteiger partial charge in [-0.1, -0.05) is 6.42 Å². The molecule has 2 rings (SSSR count). The highest BCUT2D eigenvalue weighted by atomic mass is 32.2. The first-order chi connectivity index (χ1) is 9.93. The average Bonchev–Trinajstić information content (AvgIpc) is 2.58. The molecule has 1 aromatic heterocycles. The summed E-state index contributed by atoms with van der Waals surface area (Å²) in [5, 5.41) is 18.2. The molecule has 0 bridgehead atoms. The van der Waals surface area contributed by atoms with Crippen LogP contribution in [0.1, 0.15) is 41.7 Å². The zero-order valence-electron chi connectivity index (χ0n) is 11.4. The number of nitrogens with one attached hydrogen (secondary N) is 1. The maximum atomic E-state index is 11.9. The maximum absolute atomic E-state index is 11.9. The molecule has 1 aliphatic rings. The third-order valence-electron chi connectivity index (χ3n) is 3.37. The van der Waals surface area contributed by atoms with E-state index in [1.54, 1.807) is 0 Å². The number of hydrogen-bond donors (Lipinski definition) is 2. The van der Waals surface area contributed by atoms with Gasteiger partial charge in [0.2, 0.25) is 10.0 Å². The van der Waals surface area contributed by atoms with Crippen molar-refractivity contribution in [3.63, 3.8) is 0 Å². The second kappa shape index (κ2) is 6.45. The van der Waals surface area contributed by atoms with Gasteiger partial charge in [-0.25, -0.2) is 8.42 Å². The Hall–Kier alpha value is -1.59. The zero-order valence-corrected chi connectivity index (χ0v) is 13.0. The Kier molecular flexibility index (Phi) is 4.85.